The van der Waals surface area contributed by atoms with Gasteiger partial charge >= 0.3 is 0 Å². The van der Waals surface area contributed by atoms with Gasteiger partial charge in [0.25, 0.3) is 0 Å². The number of rotatable bonds is 6. The molecule has 0 bridgehead atoms. The molecule has 0 unspecified atom stereocenters. The third kappa shape index (κ3) is 6.73. The Bertz CT molecular complexity index is 240. The second-order valence-electron chi connectivity index (χ2n) is 7.54. The number of hydrogen-bond donors (Lipinski definition) is 2. The molecule has 1 atom stereocenters. The van der Waals surface area contributed by atoms with Crippen LogP contribution < -0.4 is 5.32 Å². The number of aliphatic hydroxyl groups is 1. The summed E-state index contributed by atoms with van der Waals surface area (Å²) in [7, 11) is 0. The fourth-order valence-electron chi connectivity index (χ4n) is 2.84. The second kappa shape index (κ2) is 7.61. The van der Waals surface area contributed by atoms with Crippen molar-refractivity contribution < 1.29 is 15.2 Å². The van der Waals surface area contributed by atoms with Gasteiger partial charge in [-0.2, -0.15) is 0 Å². The number of hydrogen-bond acceptors (Lipinski definition) is 2. The quantitative estimate of drug-likeness (QED) is 0.776. The van der Waals surface area contributed by atoms with E-state index in [-0.39, 0.29) is 6.10 Å². The molecule has 1 aliphatic rings. The average molecular weight is 272 g/mol. The van der Waals surface area contributed by atoms with Gasteiger partial charge in [-0.25, -0.2) is 0 Å². The second-order valence-corrected chi connectivity index (χ2v) is 7.54. The van der Waals surface area contributed by atoms with Crippen LogP contribution in [0.5, 0.6) is 0 Å². The molecule has 1 saturated carbocycles. The number of ether oxygens (including phenoxy) is 1. The van der Waals surface area contributed by atoms with Crippen LogP contribution in [0.25, 0.3) is 0 Å². The van der Waals surface area contributed by atoms with Crippen molar-refractivity contribution in [1.29, 1.82) is 0 Å². The molecule has 19 heavy (non-hydrogen) atoms. The predicted molar refractivity (Wildman–Crippen MR) is 79.1 cm³/mol. The molecule has 0 aromatic carbocycles. The highest BCUT2D eigenvalue weighted by molar-refractivity contribution is 4.81. The third-order valence-electron chi connectivity index (χ3n) is 4.30. The van der Waals surface area contributed by atoms with E-state index in [2.05, 4.69) is 39.9 Å². The molecule has 0 heterocycles. The van der Waals surface area contributed by atoms with E-state index in [1.54, 1.807) is 0 Å². The van der Waals surface area contributed by atoms with Crippen molar-refractivity contribution in [2.45, 2.75) is 78.6 Å². The minimum atomic E-state index is -0.331. The Morgan fingerprint density at radius 2 is 1.74 bits per heavy atom. The van der Waals surface area contributed by atoms with Crippen LogP contribution in [-0.2, 0) is 4.74 Å². The largest absolute Gasteiger partial charge is 0.385 e. The average Bonchev–Trinajstić information content (AvgIpc) is 2.33. The molecule has 0 amide bonds. The van der Waals surface area contributed by atoms with Crippen molar-refractivity contribution in [2.75, 3.05) is 13.2 Å². The molecule has 0 spiro atoms. The molecule has 0 aromatic heterocycles. The lowest BCUT2D eigenvalue weighted by molar-refractivity contribution is -0.688. The minimum Gasteiger partial charge on any atom is -0.385 e. The Hall–Kier alpha value is -0.120. The lowest BCUT2D eigenvalue weighted by atomic mass is 9.72. The van der Waals surface area contributed by atoms with Gasteiger partial charge in [-0.3, -0.25) is 0 Å². The number of aliphatic hydroxyl groups excluding tert-OH is 1. The Morgan fingerprint density at radius 3 is 2.21 bits per heavy atom. The number of nitrogens with two attached hydrogens (primary N) is 1. The highest BCUT2D eigenvalue weighted by Crippen LogP contribution is 2.38. The molecular formula is C16H34NO2+. The topological polar surface area (TPSA) is 46.1 Å². The monoisotopic (exact) mass is 272 g/mol. The van der Waals surface area contributed by atoms with Gasteiger partial charge < -0.3 is 15.2 Å². The van der Waals surface area contributed by atoms with E-state index in [1.165, 1.54) is 12.8 Å². The molecule has 3 N–H and O–H groups in total. The van der Waals surface area contributed by atoms with Crippen LogP contribution >= 0.6 is 0 Å². The summed E-state index contributed by atoms with van der Waals surface area (Å²) < 4.78 is 5.87. The van der Waals surface area contributed by atoms with Gasteiger partial charge in [0, 0.05) is 0 Å². The van der Waals surface area contributed by atoms with Gasteiger partial charge in [0.15, 0.2) is 0 Å². The standard InChI is InChI=1S/C16H33NO2/c1-12(2)17-10-14(18)11-19-15-8-6-13(7-9-15)16(3,4)5/h12-15,17-18H,6-11H2,1-5H3/p+1/t13?,14-,15?/m1/s1. The first kappa shape index (κ1) is 16.9. The van der Waals surface area contributed by atoms with Gasteiger partial charge in [-0.1, -0.05) is 20.8 Å². The van der Waals surface area contributed by atoms with E-state index in [0.717, 1.165) is 25.3 Å². The van der Waals surface area contributed by atoms with E-state index in [9.17, 15) is 5.11 Å². The van der Waals surface area contributed by atoms with Crippen LogP contribution in [0, 0.1) is 11.3 Å². The van der Waals surface area contributed by atoms with E-state index in [4.69, 9.17) is 4.74 Å². The lowest BCUT2D eigenvalue weighted by Gasteiger charge is -2.37. The summed E-state index contributed by atoms with van der Waals surface area (Å²) in [6, 6.07) is 0.539. The van der Waals surface area contributed by atoms with Crippen LogP contribution in [0.1, 0.15) is 60.3 Å². The SMILES string of the molecule is CC(C)[NH2+]C[C@@H](O)COC1CCC(C(C)(C)C)CC1. The van der Waals surface area contributed by atoms with Crippen LogP contribution in [0.3, 0.4) is 0 Å². The van der Waals surface area contributed by atoms with Gasteiger partial charge in [0.05, 0.1) is 18.8 Å². The fraction of sp³-hybridized carbons (Fsp3) is 1.00. The zero-order valence-corrected chi connectivity index (χ0v) is 13.5. The van der Waals surface area contributed by atoms with E-state index in [0.29, 0.717) is 24.2 Å². The summed E-state index contributed by atoms with van der Waals surface area (Å²) in [6.07, 6.45) is 4.88. The van der Waals surface area contributed by atoms with Gasteiger partial charge in [0.1, 0.15) is 12.6 Å². The lowest BCUT2D eigenvalue weighted by Crippen LogP contribution is -2.90. The summed E-state index contributed by atoms with van der Waals surface area (Å²) in [5.74, 6) is 0.826. The normalized spacial score (nSPS) is 26.7. The fourth-order valence-corrected chi connectivity index (χ4v) is 2.84. The Morgan fingerprint density at radius 1 is 1.16 bits per heavy atom. The molecule has 0 radical (unpaired) electrons. The van der Waals surface area contributed by atoms with Crippen molar-refractivity contribution in [2.24, 2.45) is 11.3 Å². The van der Waals surface area contributed by atoms with Gasteiger partial charge in [0.2, 0.25) is 0 Å². The molecule has 114 valence electrons. The van der Waals surface area contributed by atoms with Crippen molar-refractivity contribution in [3.63, 3.8) is 0 Å². The van der Waals surface area contributed by atoms with E-state index < -0.39 is 0 Å². The molecule has 1 rings (SSSR count). The summed E-state index contributed by atoms with van der Waals surface area (Å²) >= 11 is 0. The maximum atomic E-state index is 9.85. The summed E-state index contributed by atoms with van der Waals surface area (Å²) in [6.45, 7) is 12.5. The van der Waals surface area contributed by atoms with Crippen LogP contribution in [0.4, 0.5) is 0 Å². The van der Waals surface area contributed by atoms with Gasteiger partial charge in [-0.15, -0.1) is 0 Å². The van der Waals surface area contributed by atoms with Crippen molar-refractivity contribution in [1.82, 2.24) is 0 Å². The molecular weight excluding hydrogens is 238 g/mol. The predicted octanol–water partition coefficient (Wildman–Crippen LogP) is 1.94. The van der Waals surface area contributed by atoms with Crippen LogP contribution in [-0.4, -0.2) is 36.5 Å². The molecule has 0 aromatic rings. The summed E-state index contributed by atoms with van der Waals surface area (Å²) in [5, 5.41) is 12.0. The maximum Gasteiger partial charge on any atom is 0.126 e. The maximum absolute atomic E-state index is 9.85. The zero-order valence-electron chi connectivity index (χ0n) is 13.5. The Labute approximate surface area is 119 Å². The van der Waals surface area contributed by atoms with Crippen LogP contribution in [0.15, 0.2) is 0 Å². The smallest absolute Gasteiger partial charge is 0.126 e. The Kier molecular flexibility index (Phi) is 6.78. The zero-order chi connectivity index (χ0) is 14.5. The highest BCUT2D eigenvalue weighted by atomic mass is 16.5. The molecule has 0 saturated heterocycles. The Balaban J connectivity index is 2.16. The number of quaternary nitrogens is 1. The third-order valence-corrected chi connectivity index (χ3v) is 4.30. The minimum absolute atomic E-state index is 0.331. The molecule has 3 heteroatoms. The van der Waals surface area contributed by atoms with Crippen molar-refractivity contribution >= 4 is 0 Å². The first-order chi connectivity index (χ1) is 8.79. The summed E-state index contributed by atoms with van der Waals surface area (Å²) in [5.41, 5.74) is 0.427. The molecule has 1 fully saturated rings. The van der Waals surface area contributed by atoms with Crippen LogP contribution in [0.2, 0.25) is 0 Å². The first-order valence-corrected chi connectivity index (χ1v) is 7.92. The highest BCUT2D eigenvalue weighted by Gasteiger charge is 2.30. The molecule has 3 nitrogen and oxygen atoms in total. The molecule has 1 aliphatic carbocycles. The van der Waals surface area contributed by atoms with Crippen molar-refractivity contribution in [3.8, 4) is 0 Å². The first-order valence-electron chi connectivity index (χ1n) is 7.92. The van der Waals surface area contributed by atoms with Crippen molar-refractivity contribution in [3.05, 3.63) is 0 Å². The van der Waals surface area contributed by atoms with E-state index in [1.807, 2.05) is 0 Å². The van der Waals surface area contributed by atoms with Gasteiger partial charge in [-0.05, 0) is 50.9 Å². The van der Waals surface area contributed by atoms with E-state index >= 15 is 0 Å². The molecule has 0 aliphatic heterocycles. The summed E-state index contributed by atoms with van der Waals surface area (Å²) in [4.78, 5) is 0.